The number of aromatic nitrogens is 1. The summed E-state index contributed by atoms with van der Waals surface area (Å²) in [5.41, 5.74) is 0.517. The molecule has 0 bridgehead atoms. The van der Waals surface area contributed by atoms with Crippen LogP contribution < -0.4 is 0 Å². The number of hydrogen-bond donors (Lipinski definition) is 2. The maximum Gasteiger partial charge on any atom is 0.356 e. The van der Waals surface area contributed by atoms with Gasteiger partial charge >= 0.3 is 5.97 Å². The van der Waals surface area contributed by atoms with Crippen LogP contribution in [0.1, 0.15) is 22.2 Å². The summed E-state index contributed by atoms with van der Waals surface area (Å²) >= 11 is 3.06. The molecule has 0 amide bonds. The van der Waals surface area contributed by atoms with Crippen LogP contribution >= 0.6 is 15.9 Å². The van der Waals surface area contributed by atoms with Gasteiger partial charge in [0.15, 0.2) is 0 Å². The fourth-order valence-corrected chi connectivity index (χ4v) is 1.51. The molecule has 0 aromatic carbocycles. The summed E-state index contributed by atoms with van der Waals surface area (Å²) in [4.78, 5) is 15.0. The molecule has 2 N–H and O–H groups in total. The lowest BCUT2D eigenvalue weighted by Gasteiger charge is -2.15. The lowest BCUT2D eigenvalue weighted by Crippen LogP contribution is -2.20. The highest BCUT2D eigenvalue weighted by molar-refractivity contribution is 9.09. The van der Waals surface area contributed by atoms with Crippen molar-refractivity contribution in [2.24, 2.45) is 0 Å². The molecule has 0 aliphatic heterocycles. The summed E-state index contributed by atoms with van der Waals surface area (Å²) < 4.78 is 4.50. The molecule has 1 rings (SSSR count). The van der Waals surface area contributed by atoms with Crippen molar-refractivity contribution >= 4 is 21.9 Å². The predicted octanol–water partition coefficient (Wildman–Crippen LogP) is 0.657. The maximum atomic E-state index is 11.2. The van der Waals surface area contributed by atoms with Crippen LogP contribution in [-0.4, -0.2) is 39.7 Å². The first-order valence-corrected chi connectivity index (χ1v) is 5.68. The molecule has 0 spiro atoms. The van der Waals surface area contributed by atoms with Crippen molar-refractivity contribution in [1.82, 2.24) is 4.98 Å². The Kier molecular flexibility index (Phi) is 4.85. The summed E-state index contributed by atoms with van der Waals surface area (Å²) in [6, 6.07) is 2.92. The average molecular weight is 290 g/mol. The van der Waals surface area contributed by atoms with Crippen LogP contribution in [0.2, 0.25) is 0 Å². The van der Waals surface area contributed by atoms with Gasteiger partial charge in [-0.25, -0.2) is 9.78 Å². The van der Waals surface area contributed by atoms with Crippen LogP contribution in [0.25, 0.3) is 0 Å². The van der Waals surface area contributed by atoms with E-state index in [4.69, 9.17) is 0 Å². The van der Waals surface area contributed by atoms with Crippen LogP contribution in [0.15, 0.2) is 18.3 Å². The maximum absolute atomic E-state index is 11.2. The Morgan fingerprint density at radius 3 is 2.88 bits per heavy atom. The fourth-order valence-electron chi connectivity index (χ4n) is 1.15. The van der Waals surface area contributed by atoms with E-state index in [1.807, 2.05) is 0 Å². The van der Waals surface area contributed by atoms with Crippen LogP contribution in [-0.2, 0) is 4.74 Å². The molecule has 1 aromatic heterocycles. The Morgan fingerprint density at radius 1 is 1.62 bits per heavy atom. The molecule has 0 aliphatic rings. The predicted molar refractivity (Wildman–Crippen MR) is 60.3 cm³/mol. The Hall–Kier alpha value is -0.980. The van der Waals surface area contributed by atoms with Crippen LogP contribution in [0, 0.1) is 0 Å². The molecule has 1 aromatic rings. The van der Waals surface area contributed by atoms with E-state index < -0.39 is 18.2 Å². The highest BCUT2D eigenvalue weighted by Crippen LogP contribution is 2.18. The van der Waals surface area contributed by atoms with E-state index in [2.05, 4.69) is 25.7 Å². The molecule has 6 heteroatoms. The third-order valence-electron chi connectivity index (χ3n) is 2.04. The number of methoxy groups -OCH3 is 1. The van der Waals surface area contributed by atoms with Gasteiger partial charge in [0.25, 0.3) is 0 Å². The summed E-state index contributed by atoms with van der Waals surface area (Å²) in [5, 5.41) is 19.4. The van der Waals surface area contributed by atoms with Crippen molar-refractivity contribution < 1.29 is 19.7 Å². The molecule has 0 saturated heterocycles. The Morgan fingerprint density at radius 2 is 2.31 bits per heavy atom. The first-order chi connectivity index (χ1) is 7.60. The van der Waals surface area contributed by atoms with Crippen molar-refractivity contribution in [2.45, 2.75) is 12.2 Å². The highest BCUT2D eigenvalue weighted by Gasteiger charge is 2.18. The molecule has 2 atom stereocenters. The van der Waals surface area contributed by atoms with Crippen molar-refractivity contribution in [2.75, 3.05) is 12.4 Å². The smallest absolute Gasteiger partial charge is 0.356 e. The van der Waals surface area contributed by atoms with Gasteiger partial charge in [-0.2, -0.15) is 0 Å². The number of aliphatic hydroxyl groups is 2. The van der Waals surface area contributed by atoms with E-state index in [0.717, 1.165) is 0 Å². The highest BCUT2D eigenvalue weighted by atomic mass is 79.9. The number of nitrogens with zero attached hydrogens (tertiary/aromatic N) is 1. The number of rotatable bonds is 4. The first-order valence-electron chi connectivity index (χ1n) is 4.56. The normalized spacial score (nSPS) is 14.2. The van der Waals surface area contributed by atoms with E-state index in [-0.39, 0.29) is 11.0 Å². The SMILES string of the molecule is COC(=O)c1cc(C(O)C(O)CBr)ccn1. The molecule has 0 radical (unpaired) electrons. The van der Waals surface area contributed by atoms with Gasteiger partial charge in [-0.1, -0.05) is 15.9 Å². The van der Waals surface area contributed by atoms with Gasteiger partial charge < -0.3 is 14.9 Å². The Bertz CT molecular complexity index is 372. The number of aliphatic hydroxyl groups excluding tert-OH is 2. The third-order valence-corrected chi connectivity index (χ3v) is 2.71. The van der Waals surface area contributed by atoms with E-state index in [9.17, 15) is 15.0 Å². The minimum atomic E-state index is -1.06. The number of ether oxygens (including phenoxy) is 1. The van der Waals surface area contributed by atoms with Gasteiger partial charge in [-0.3, -0.25) is 0 Å². The zero-order valence-corrected chi connectivity index (χ0v) is 10.2. The van der Waals surface area contributed by atoms with E-state index in [1.165, 1.54) is 25.4 Å². The largest absolute Gasteiger partial charge is 0.464 e. The first kappa shape index (κ1) is 13.1. The molecule has 0 fully saturated rings. The summed E-state index contributed by atoms with van der Waals surface area (Å²) in [6.45, 7) is 0. The zero-order chi connectivity index (χ0) is 12.1. The van der Waals surface area contributed by atoms with Crippen molar-refractivity contribution in [3.05, 3.63) is 29.6 Å². The van der Waals surface area contributed by atoms with E-state index in [0.29, 0.717) is 5.56 Å². The molecule has 88 valence electrons. The summed E-state index contributed by atoms with van der Waals surface area (Å²) in [7, 11) is 1.25. The molecule has 16 heavy (non-hydrogen) atoms. The number of halogens is 1. The quantitative estimate of drug-likeness (QED) is 0.629. The number of carbonyl (C=O) groups excluding carboxylic acids is 1. The topological polar surface area (TPSA) is 79.7 Å². The monoisotopic (exact) mass is 289 g/mol. The number of pyridine rings is 1. The van der Waals surface area contributed by atoms with E-state index in [1.54, 1.807) is 0 Å². The Labute approximate surface area is 101 Å². The Balaban J connectivity index is 2.94. The number of carbonyl (C=O) groups is 1. The third kappa shape index (κ3) is 3.01. The molecular weight excluding hydrogens is 278 g/mol. The minimum Gasteiger partial charge on any atom is -0.464 e. The second-order valence-electron chi connectivity index (χ2n) is 3.13. The van der Waals surface area contributed by atoms with Gasteiger partial charge in [-0.05, 0) is 17.7 Å². The van der Waals surface area contributed by atoms with Gasteiger partial charge in [0.2, 0.25) is 0 Å². The molecule has 1 heterocycles. The van der Waals surface area contributed by atoms with Gasteiger partial charge in [0.05, 0.1) is 13.2 Å². The lowest BCUT2D eigenvalue weighted by molar-refractivity contribution is 0.0340. The molecule has 0 saturated carbocycles. The molecule has 5 nitrogen and oxygen atoms in total. The van der Waals surface area contributed by atoms with Crippen molar-refractivity contribution in [3.8, 4) is 0 Å². The summed E-state index contributed by atoms with van der Waals surface area (Å²) in [5.74, 6) is -0.581. The summed E-state index contributed by atoms with van der Waals surface area (Å²) in [6.07, 6.45) is -0.621. The zero-order valence-electron chi connectivity index (χ0n) is 8.63. The van der Waals surface area contributed by atoms with E-state index >= 15 is 0 Å². The molecule has 2 unspecified atom stereocenters. The van der Waals surface area contributed by atoms with Crippen LogP contribution in [0.4, 0.5) is 0 Å². The standard InChI is InChI=1S/C10H12BrNO4/c1-16-10(15)7-4-6(2-3-12-7)9(14)8(13)5-11/h2-4,8-9,13-14H,5H2,1H3. The van der Waals surface area contributed by atoms with Gasteiger partial charge in [0.1, 0.15) is 11.8 Å². The second-order valence-corrected chi connectivity index (χ2v) is 3.78. The lowest BCUT2D eigenvalue weighted by atomic mass is 10.1. The van der Waals surface area contributed by atoms with Crippen LogP contribution in [0.3, 0.4) is 0 Å². The number of esters is 1. The number of alkyl halides is 1. The van der Waals surface area contributed by atoms with Crippen molar-refractivity contribution in [1.29, 1.82) is 0 Å². The van der Waals surface area contributed by atoms with Crippen molar-refractivity contribution in [3.63, 3.8) is 0 Å². The molecule has 0 aliphatic carbocycles. The minimum absolute atomic E-state index is 0.0980. The average Bonchev–Trinajstić information content (AvgIpc) is 2.36. The second kappa shape index (κ2) is 5.93. The fraction of sp³-hybridized carbons (Fsp3) is 0.400. The van der Waals surface area contributed by atoms with Gasteiger partial charge in [-0.15, -0.1) is 0 Å². The van der Waals surface area contributed by atoms with Gasteiger partial charge in [0, 0.05) is 11.5 Å². The molecular formula is C10H12BrNO4. The van der Waals surface area contributed by atoms with Crippen LogP contribution in [0.5, 0.6) is 0 Å². The number of hydrogen-bond acceptors (Lipinski definition) is 5.